The first-order chi connectivity index (χ1) is 8.99. The van der Waals surface area contributed by atoms with Crippen molar-refractivity contribution in [2.75, 3.05) is 0 Å². The molecule has 2 rings (SSSR count). The molecule has 0 atom stereocenters. The summed E-state index contributed by atoms with van der Waals surface area (Å²) in [6, 6.07) is 8.09. The highest BCUT2D eigenvalue weighted by Gasteiger charge is 2.14. The third-order valence-corrected chi connectivity index (χ3v) is 3.69. The summed E-state index contributed by atoms with van der Waals surface area (Å²) in [4.78, 5) is 12.1. The Balaban J connectivity index is 2.28. The summed E-state index contributed by atoms with van der Waals surface area (Å²) in [6.45, 7) is 0. The SMILES string of the molecule is O=C(Cc1cccc(F)c1Cl)c1ccc(F)cc1Br. The minimum Gasteiger partial charge on any atom is -0.294 e. The molecule has 0 N–H and O–H groups in total. The van der Waals surface area contributed by atoms with Crippen LogP contribution in [0, 0.1) is 11.6 Å². The smallest absolute Gasteiger partial charge is 0.168 e. The lowest BCUT2D eigenvalue weighted by Crippen LogP contribution is -2.05. The van der Waals surface area contributed by atoms with Crippen molar-refractivity contribution in [1.29, 1.82) is 0 Å². The minimum absolute atomic E-state index is 0.0408. The van der Waals surface area contributed by atoms with Crippen LogP contribution < -0.4 is 0 Å². The zero-order valence-corrected chi connectivity index (χ0v) is 11.9. The second-order valence-corrected chi connectivity index (χ2v) is 5.17. The number of rotatable bonds is 3. The topological polar surface area (TPSA) is 17.1 Å². The molecule has 0 aliphatic rings. The molecule has 98 valence electrons. The van der Waals surface area contributed by atoms with E-state index >= 15 is 0 Å². The Morgan fingerprint density at radius 3 is 2.63 bits per heavy atom. The van der Waals surface area contributed by atoms with Gasteiger partial charge >= 0.3 is 0 Å². The zero-order valence-electron chi connectivity index (χ0n) is 9.59. The normalized spacial score (nSPS) is 10.5. The summed E-state index contributed by atoms with van der Waals surface area (Å²) in [5.41, 5.74) is 0.740. The van der Waals surface area contributed by atoms with E-state index in [1.807, 2.05) is 0 Å². The Kier molecular flexibility index (Phi) is 4.32. The van der Waals surface area contributed by atoms with Crippen LogP contribution in [0.3, 0.4) is 0 Å². The molecule has 0 aromatic heterocycles. The number of hydrogen-bond donors (Lipinski definition) is 0. The summed E-state index contributed by atoms with van der Waals surface area (Å²) in [6.07, 6.45) is -0.0408. The van der Waals surface area contributed by atoms with Gasteiger partial charge in [-0.05, 0) is 45.8 Å². The van der Waals surface area contributed by atoms with Gasteiger partial charge in [-0.25, -0.2) is 8.78 Å². The lowest BCUT2D eigenvalue weighted by molar-refractivity contribution is 0.0992. The molecule has 0 heterocycles. The van der Waals surface area contributed by atoms with Crippen molar-refractivity contribution in [3.8, 4) is 0 Å². The van der Waals surface area contributed by atoms with Gasteiger partial charge in [0, 0.05) is 16.5 Å². The summed E-state index contributed by atoms with van der Waals surface area (Å²) in [5.74, 6) is -1.27. The van der Waals surface area contributed by atoms with Gasteiger partial charge in [0.05, 0.1) is 5.02 Å². The predicted molar refractivity (Wildman–Crippen MR) is 73.5 cm³/mol. The van der Waals surface area contributed by atoms with Crippen LogP contribution in [0.25, 0.3) is 0 Å². The van der Waals surface area contributed by atoms with Gasteiger partial charge in [-0.2, -0.15) is 0 Å². The fourth-order valence-electron chi connectivity index (χ4n) is 1.67. The standard InChI is InChI=1S/C14H8BrClF2O/c15-11-7-9(17)4-5-10(11)13(19)6-8-2-1-3-12(18)14(8)16/h1-5,7H,6H2. The largest absolute Gasteiger partial charge is 0.294 e. The molecule has 0 aliphatic carbocycles. The van der Waals surface area contributed by atoms with Gasteiger partial charge in [-0.3, -0.25) is 4.79 Å². The van der Waals surface area contributed by atoms with Gasteiger partial charge in [-0.15, -0.1) is 0 Å². The second-order valence-electron chi connectivity index (χ2n) is 3.94. The van der Waals surface area contributed by atoms with Crippen molar-refractivity contribution in [2.45, 2.75) is 6.42 Å². The molecule has 0 saturated carbocycles. The quantitative estimate of drug-likeness (QED) is 0.730. The van der Waals surface area contributed by atoms with Crippen LogP contribution in [0.2, 0.25) is 5.02 Å². The highest BCUT2D eigenvalue weighted by molar-refractivity contribution is 9.10. The van der Waals surface area contributed by atoms with E-state index < -0.39 is 11.6 Å². The Morgan fingerprint density at radius 2 is 1.95 bits per heavy atom. The number of benzene rings is 2. The van der Waals surface area contributed by atoms with E-state index in [-0.39, 0.29) is 17.2 Å². The monoisotopic (exact) mass is 344 g/mol. The number of halogens is 4. The molecule has 1 nitrogen and oxygen atoms in total. The first kappa shape index (κ1) is 14.2. The van der Waals surface area contributed by atoms with Crippen LogP contribution in [-0.2, 0) is 6.42 Å². The fourth-order valence-corrected chi connectivity index (χ4v) is 2.43. The average molecular weight is 346 g/mol. The first-order valence-electron chi connectivity index (χ1n) is 5.40. The van der Waals surface area contributed by atoms with E-state index in [0.29, 0.717) is 15.6 Å². The maximum Gasteiger partial charge on any atom is 0.168 e. The lowest BCUT2D eigenvalue weighted by atomic mass is 10.0. The molecule has 2 aromatic rings. The van der Waals surface area contributed by atoms with Crippen molar-refractivity contribution in [3.63, 3.8) is 0 Å². The average Bonchev–Trinajstić information content (AvgIpc) is 2.34. The fraction of sp³-hybridized carbons (Fsp3) is 0.0714. The van der Waals surface area contributed by atoms with E-state index in [2.05, 4.69) is 15.9 Å². The highest BCUT2D eigenvalue weighted by Crippen LogP contribution is 2.24. The van der Waals surface area contributed by atoms with Crippen molar-refractivity contribution in [3.05, 3.63) is 68.7 Å². The van der Waals surface area contributed by atoms with Crippen molar-refractivity contribution in [1.82, 2.24) is 0 Å². The molecule has 0 aliphatic heterocycles. The van der Waals surface area contributed by atoms with Crippen LogP contribution in [0.1, 0.15) is 15.9 Å². The molecular formula is C14H8BrClF2O. The zero-order chi connectivity index (χ0) is 14.0. The summed E-state index contributed by atoms with van der Waals surface area (Å²) < 4.78 is 26.6. The third kappa shape index (κ3) is 3.19. The van der Waals surface area contributed by atoms with Crippen LogP contribution in [0.15, 0.2) is 40.9 Å². The summed E-state index contributed by atoms with van der Waals surface area (Å²) in [7, 11) is 0. The Hall–Kier alpha value is -1.26. The van der Waals surface area contributed by atoms with Gasteiger partial charge in [0.25, 0.3) is 0 Å². The molecule has 0 radical (unpaired) electrons. The minimum atomic E-state index is -0.565. The molecule has 0 unspecified atom stereocenters. The Labute approximate surface area is 122 Å². The lowest BCUT2D eigenvalue weighted by Gasteiger charge is -2.06. The molecular weight excluding hydrogens is 338 g/mol. The molecule has 2 aromatic carbocycles. The third-order valence-electron chi connectivity index (χ3n) is 2.61. The van der Waals surface area contributed by atoms with E-state index in [0.717, 1.165) is 0 Å². The van der Waals surface area contributed by atoms with E-state index in [9.17, 15) is 13.6 Å². The highest BCUT2D eigenvalue weighted by atomic mass is 79.9. The van der Waals surface area contributed by atoms with Crippen molar-refractivity contribution >= 4 is 33.3 Å². The predicted octanol–water partition coefficient (Wildman–Crippen LogP) is 4.81. The Morgan fingerprint density at radius 1 is 1.21 bits per heavy atom. The molecule has 0 bridgehead atoms. The second kappa shape index (κ2) is 5.80. The van der Waals surface area contributed by atoms with Gasteiger partial charge in [-0.1, -0.05) is 23.7 Å². The van der Waals surface area contributed by atoms with Gasteiger partial charge < -0.3 is 0 Å². The van der Waals surface area contributed by atoms with Gasteiger partial charge in [0.15, 0.2) is 5.78 Å². The maximum atomic E-state index is 13.3. The number of Topliss-reactive ketones (excluding diaryl/α,β-unsaturated/α-hetero) is 1. The van der Waals surface area contributed by atoms with Gasteiger partial charge in [0.1, 0.15) is 11.6 Å². The number of carbonyl (C=O) groups excluding carboxylic acids is 1. The van der Waals surface area contributed by atoms with Crippen LogP contribution in [-0.4, -0.2) is 5.78 Å². The molecule has 0 fully saturated rings. The van der Waals surface area contributed by atoms with Gasteiger partial charge in [0.2, 0.25) is 0 Å². The van der Waals surface area contributed by atoms with E-state index in [4.69, 9.17) is 11.6 Å². The van der Waals surface area contributed by atoms with E-state index in [1.54, 1.807) is 6.07 Å². The summed E-state index contributed by atoms with van der Waals surface area (Å²) in [5, 5.41) is -0.0610. The molecule has 5 heteroatoms. The molecule has 19 heavy (non-hydrogen) atoms. The van der Waals surface area contributed by atoms with Crippen LogP contribution in [0.4, 0.5) is 8.78 Å². The first-order valence-corrected chi connectivity index (χ1v) is 6.57. The number of ketones is 1. The molecule has 0 saturated heterocycles. The van der Waals surface area contributed by atoms with Crippen molar-refractivity contribution < 1.29 is 13.6 Å². The van der Waals surface area contributed by atoms with Crippen molar-refractivity contribution in [2.24, 2.45) is 0 Å². The summed E-state index contributed by atoms with van der Waals surface area (Å²) >= 11 is 8.92. The van der Waals surface area contributed by atoms with Crippen LogP contribution in [0.5, 0.6) is 0 Å². The maximum absolute atomic E-state index is 13.3. The number of carbonyl (C=O) groups is 1. The van der Waals surface area contributed by atoms with Crippen LogP contribution >= 0.6 is 27.5 Å². The number of hydrogen-bond acceptors (Lipinski definition) is 1. The Bertz CT molecular complexity index is 643. The molecule has 0 spiro atoms. The van der Waals surface area contributed by atoms with E-state index in [1.165, 1.54) is 30.3 Å². The molecule has 0 amide bonds.